The molecule has 4 heteroatoms. The lowest BCUT2D eigenvalue weighted by atomic mass is 9.90. The summed E-state index contributed by atoms with van der Waals surface area (Å²) < 4.78 is 13.3. The molecular weight excluding hydrogens is 241 g/mol. The molecular formula is C15H22FN3. The highest BCUT2D eigenvalue weighted by Crippen LogP contribution is 2.29. The summed E-state index contributed by atoms with van der Waals surface area (Å²) in [6, 6.07) is 7.11. The van der Waals surface area contributed by atoms with Gasteiger partial charge < -0.3 is 10.6 Å². The molecule has 2 unspecified atom stereocenters. The predicted molar refractivity (Wildman–Crippen MR) is 76.6 cm³/mol. The quantitative estimate of drug-likeness (QED) is 0.907. The van der Waals surface area contributed by atoms with E-state index in [0.29, 0.717) is 18.5 Å². The third-order valence-corrected chi connectivity index (χ3v) is 3.92. The van der Waals surface area contributed by atoms with Gasteiger partial charge in [0.25, 0.3) is 0 Å². The van der Waals surface area contributed by atoms with Gasteiger partial charge >= 0.3 is 0 Å². The van der Waals surface area contributed by atoms with Crippen LogP contribution in [0.15, 0.2) is 29.3 Å². The molecule has 1 aromatic rings. The van der Waals surface area contributed by atoms with Gasteiger partial charge in [0.1, 0.15) is 5.82 Å². The van der Waals surface area contributed by atoms with Crippen LogP contribution < -0.4 is 5.73 Å². The van der Waals surface area contributed by atoms with Crippen LogP contribution in [0, 0.1) is 5.82 Å². The number of aliphatic imine (C=N–C) groups is 1. The van der Waals surface area contributed by atoms with Crippen molar-refractivity contribution < 1.29 is 4.39 Å². The molecule has 1 aliphatic heterocycles. The number of hydrogen-bond acceptors (Lipinski definition) is 3. The normalized spacial score (nSPS) is 24.4. The summed E-state index contributed by atoms with van der Waals surface area (Å²) in [6.07, 6.45) is 1.76. The Kier molecular flexibility index (Phi) is 3.78. The van der Waals surface area contributed by atoms with E-state index in [0.717, 1.165) is 18.4 Å². The zero-order chi connectivity index (χ0) is 14.0. The summed E-state index contributed by atoms with van der Waals surface area (Å²) >= 11 is 0. The first-order chi connectivity index (χ1) is 8.96. The van der Waals surface area contributed by atoms with Crippen LogP contribution in [-0.4, -0.2) is 29.0 Å². The van der Waals surface area contributed by atoms with Gasteiger partial charge in [-0.2, -0.15) is 0 Å². The van der Waals surface area contributed by atoms with Crippen LogP contribution in [0.5, 0.6) is 0 Å². The van der Waals surface area contributed by atoms with Gasteiger partial charge in [0.2, 0.25) is 0 Å². The Morgan fingerprint density at radius 1 is 1.53 bits per heavy atom. The monoisotopic (exact) mass is 263 g/mol. The van der Waals surface area contributed by atoms with Gasteiger partial charge in [0, 0.05) is 6.04 Å². The first kappa shape index (κ1) is 13.8. The SMILES string of the molecule is CCC(C)N1C(N)=NCC1(C)Cc1cccc(F)c1. The Labute approximate surface area is 114 Å². The Morgan fingerprint density at radius 2 is 2.26 bits per heavy atom. The number of benzene rings is 1. The summed E-state index contributed by atoms with van der Waals surface area (Å²) in [5.74, 6) is 0.413. The van der Waals surface area contributed by atoms with Crippen LogP contribution in [0.4, 0.5) is 4.39 Å². The molecule has 0 amide bonds. The average molecular weight is 263 g/mol. The molecule has 0 fully saturated rings. The first-order valence-corrected chi connectivity index (χ1v) is 6.80. The van der Waals surface area contributed by atoms with Crippen LogP contribution in [0.1, 0.15) is 32.8 Å². The van der Waals surface area contributed by atoms with Crippen molar-refractivity contribution >= 4 is 5.96 Å². The molecule has 3 nitrogen and oxygen atoms in total. The van der Waals surface area contributed by atoms with Crippen molar-refractivity contribution in [1.82, 2.24) is 4.90 Å². The Hall–Kier alpha value is -1.58. The third kappa shape index (κ3) is 2.72. The molecule has 0 aliphatic carbocycles. The number of rotatable bonds is 4. The van der Waals surface area contributed by atoms with Crippen molar-refractivity contribution in [1.29, 1.82) is 0 Å². The lowest BCUT2D eigenvalue weighted by molar-refractivity contribution is 0.170. The lowest BCUT2D eigenvalue weighted by Crippen LogP contribution is -2.54. The average Bonchev–Trinajstić information content (AvgIpc) is 2.64. The topological polar surface area (TPSA) is 41.6 Å². The Morgan fingerprint density at radius 3 is 2.89 bits per heavy atom. The van der Waals surface area contributed by atoms with Gasteiger partial charge in [-0.25, -0.2) is 4.39 Å². The molecule has 2 rings (SSSR count). The van der Waals surface area contributed by atoms with Crippen molar-refractivity contribution in [3.63, 3.8) is 0 Å². The van der Waals surface area contributed by atoms with Gasteiger partial charge in [-0.1, -0.05) is 19.1 Å². The molecule has 0 bridgehead atoms. The summed E-state index contributed by atoms with van der Waals surface area (Å²) in [4.78, 5) is 6.56. The molecule has 0 radical (unpaired) electrons. The largest absolute Gasteiger partial charge is 0.370 e. The van der Waals surface area contributed by atoms with Gasteiger partial charge in [0.15, 0.2) is 5.96 Å². The van der Waals surface area contributed by atoms with Crippen LogP contribution in [0.25, 0.3) is 0 Å². The van der Waals surface area contributed by atoms with E-state index in [2.05, 4.69) is 30.7 Å². The number of nitrogens with zero attached hydrogens (tertiary/aromatic N) is 2. The molecule has 0 saturated carbocycles. The van der Waals surface area contributed by atoms with Gasteiger partial charge in [0.05, 0.1) is 12.1 Å². The van der Waals surface area contributed by atoms with E-state index in [-0.39, 0.29) is 11.4 Å². The van der Waals surface area contributed by atoms with Crippen molar-refractivity contribution in [3.05, 3.63) is 35.6 Å². The molecule has 19 heavy (non-hydrogen) atoms. The zero-order valence-electron chi connectivity index (χ0n) is 11.9. The highest BCUT2D eigenvalue weighted by atomic mass is 19.1. The molecule has 2 N–H and O–H groups in total. The molecule has 0 aromatic heterocycles. The summed E-state index contributed by atoms with van der Waals surface area (Å²) in [5.41, 5.74) is 6.84. The molecule has 1 heterocycles. The van der Waals surface area contributed by atoms with E-state index in [1.807, 2.05) is 6.07 Å². The van der Waals surface area contributed by atoms with Crippen molar-refractivity contribution in [2.24, 2.45) is 10.7 Å². The molecule has 104 valence electrons. The second kappa shape index (κ2) is 5.19. The van der Waals surface area contributed by atoms with Crippen LogP contribution in [0.2, 0.25) is 0 Å². The summed E-state index contributed by atoms with van der Waals surface area (Å²) in [6.45, 7) is 7.10. The minimum Gasteiger partial charge on any atom is -0.370 e. The van der Waals surface area contributed by atoms with Gasteiger partial charge in [-0.3, -0.25) is 4.99 Å². The van der Waals surface area contributed by atoms with Gasteiger partial charge in [-0.15, -0.1) is 0 Å². The lowest BCUT2D eigenvalue weighted by Gasteiger charge is -2.40. The molecule has 1 aliphatic rings. The second-order valence-corrected chi connectivity index (χ2v) is 5.61. The van der Waals surface area contributed by atoms with E-state index in [1.54, 1.807) is 12.1 Å². The highest BCUT2D eigenvalue weighted by Gasteiger charge is 2.40. The third-order valence-electron chi connectivity index (χ3n) is 3.92. The minimum atomic E-state index is -0.192. The second-order valence-electron chi connectivity index (χ2n) is 5.61. The fourth-order valence-electron chi connectivity index (χ4n) is 2.85. The minimum absolute atomic E-state index is 0.159. The standard InChI is InChI=1S/C15H22FN3/c1-4-11(2)19-14(17)18-10-15(19,3)9-12-6-5-7-13(16)8-12/h5-8,11H,4,9-10H2,1-3H3,(H2,17,18). The smallest absolute Gasteiger partial charge is 0.192 e. The maximum absolute atomic E-state index is 13.3. The van der Waals surface area contributed by atoms with E-state index < -0.39 is 0 Å². The molecule has 1 aromatic carbocycles. The molecule has 0 spiro atoms. The fraction of sp³-hybridized carbons (Fsp3) is 0.533. The van der Waals surface area contributed by atoms with Crippen LogP contribution in [-0.2, 0) is 6.42 Å². The maximum atomic E-state index is 13.3. The highest BCUT2D eigenvalue weighted by molar-refractivity contribution is 5.81. The van der Waals surface area contributed by atoms with E-state index >= 15 is 0 Å². The Balaban J connectivity index is 2.22. The van der Waals surface area contributed by atoms with Gasteiger partial charge in [-0.05, 0) is 44.4 Å². The Bertz CT molecular complexity index is 486. The predicted octanol–water partition coefficient (Wildman–Crippen LogP) is 2.56. The number of halogens is 1. The first-order valence-electron chi connectivity index (χ1n) is 6.80. The number of hydrogen-bond donors (Lipinski definition) is 1. The maximum Gasteiger partial charge on any atom is 0.192 e. The van der Waals surface area contributed by atoms with Crippen LogP contribution in [0.3, 0.4) is 0 Å². The van der Waals surface area contributed by atoms with Crippen molar-refractivity contribution in [2.75, 3.05) is 6.54 Å². The summed E-state index contributed by atoms with van der Waals surface area (Å²) in [7, 11) is 0. The van der Waals surface area contributed by atoms with E-state index in [1.165, 1.54) is 6.07 Å². The summed E-state index contributed by atoms with van der Waals surface area (Å²) in [5, 5.41) is 0. The zero-order valence-corrected chi connectivity index (χ0v) is 11.9. The van der Waals surface area contributed by atoms with Crippen molar-refractivity contribution in [2.45, 2.75) is 45.2 Å². The number of guanidine groups is 1. The molecule has 0 saturated heterocycles. The van der Waals surface area contributed by atoms with E-state index in [4.69, 9.17) is 5.73 Å². The fourth-order valence-corrected chi connectivity index (χ4v) is 2.85. The van der Waals surface area contributed by atoms with Crippen LogP contribution >= 0.6 is 0 Å². The van der Waals surface area contributed by atoms with Crippen molar-refractivity contribution in [3.8, 4) is 0 Å². The number of nitrogens with two attached hydrogens (primary N) is 1. The van der Waals surface area contributed by atoms with E-state index in [9.17, 15) is 4.39 Å². The molecule has 2 atom stereocenters.